The first kappa shape index (κ1) is 24.7. The number of hydrogen-bond donors (Lipinski definition) is 7. The number of aliphatic hydroxyl groups is 6. The van der Waals surface area contributed by atoms with Gasteiger partial charge in [0, 0.05) is 12.1 Å². The third-order valence-electron chi connectivity index (χ3n) is 5.38. The van der Waals surface area contributed by atoms with Crippen LogP contribution in [0.1, 0.15) is 0 Å². The summed E-state index contributed by atoms with van der Waals surface area (Å²) in [4.78, 5) is 0. The van der Waals surface area contributed by atoms with Gasteiger partial charge >= 0.3 is 0 Å². The molecule has 13 nitrogen and oxygen atoms in total. The topological polar surface area (TPSA) is 197 Å². The van der Waals surface area contributed by atoms with Crippen molar-refractivity contribution in [2.75, 3.05) is 34.0 Å². The first-order valence-corrected chi connectivity index (χ1v) is 9.71. The molecule has 32 heavy (non-hydrogen) atoms. The summed E-state index contributed by atoms with van der Waals surface area (Å²) in [7, 11) is 2.63. The van der Waals surface area contributed by atoms with Gasteiger partial charge < -0.3 is 64.2 Å². The molecule has 0 amide bonds. The van der Waals surface area contributed by atoms with Gasteiger partial charge in [-0.2, -0.15) is 0 Å². The highest BCUT2D eigenvalue weighted by Crippen LogP contribution is 2.40. The molecule has 1 unspecified atom stereocenters. The predicted molar refractivity (Wildman–Crippen MR) is 102 cm³/mol. The minimum absolute atomic E-state index is 0.0221. The van der Waals surface area contributed by atoms with Crippen LogP contribution in [0.25, 0.3) is 0 Å². The lowest BCUT2D eigenvalue weighted by Crippen LogP contribution is -2.60. The Labute approximate surface area is 182 Å². The number of hydrogen-bond acceptors (Lipinski definition) is 13. The molecule has 0 saturated carbocycles. The largest absolute Gasteiger partial charge is 0.502 e. The van der Waals surface area contributed by atoms with E-state index in [0.717, 1.165) is 0 Å². The molecule has 3 rings (SSSR count). The summed E-state index contributed by atoms with van der Waals surface area (Å²) in [6.45, 7) is -1.55. The number of rotatable bonds is 8. The van der Waals surface area contributed by atoms with Crippen molar-refractivity contribution in [1.82, 2.24) is 0 Å². The van der Waals surface area contributed by atoms with E-state index in [1.807, 2.05) is 0 Å². The monoisotopic (exact) mass is 464 g/mol. The molecule has 13 heteroatoms. The van der Waals surface area contributed by atoms with Crippen LogP contribution in [-0.4, -0.2) is 118 Å². The third kappa shape index (κ3) is 4.71. The highest BCUT2D eigenvalue weighted by molar-refractivity contribution is 5.54. The van der Waals surface area contributed by atoms with Crippen LogP contribution in [0.3, 0.4) is 0 Å². The van der Waals surface area contributed by atoms with Gasteiger partial charge in [0.2, 0.25) is 12.0 Å². The smallest absolute Gasteiger partial charge is 0.229 e. The standard InChI is InChI=1S/C19H28O13/c1-27-9-3-8(4-10(28-2)12(9)21)31-17-15(24)14(23)13(22)11(32-17)5-29-18-16(25)19(26,6-20)7-30-18/h3-4,11,13-18,20-26H,5-7H2,1-2H3/t11-,13-,14+,15-,16+,17-,18-,19?/m1/s1. The van der Waals surface area contributed by atoms with E-state index in [0.29, 0.717) is 0 Å². The summed E-state index contributed by atoms with van der Waals surface area (Å²) in [5.74, 6) is -0.166. The van der Waals surface area contributed by atoms with Crippen molar-refractivity contribution in [3.05, 3.63) is 12.1 Å². The Balaban J connectivity index is 1.69. The number of aromatic hydroxyl groups is 1. The molecule has 182 valence electrons. The number of aliphatic hydroxyl groups excluding tert-OH is 5. The molecule has 2 heterocycles. The van der Waals surface area contributed by atoms with Gasteiger partial charge in [-0.1, -0.05) is 0 Å². The van der Waals surface area contributed by atoms with Gasteiger partial charge in [0.15, 0.2) is 17.8 Å². The third-order valence-corrected chi connectivity index (χ3v) is 5.38. The van der Waals surface area contributed by atoms with Crippen molar-refractivity contribution in [2.24, 2.45) is 0 Å². The highest BCUT2D eigenvalue weighted by atomic mass is 16.7. The SMILES string of the molecule is COc1cc(O[C@@H]2O[C@H](CO[C@@H]3OCC(O)(CO)[C@H]3O)[C@@H](O)[C@H](O)[C@H]2O)cc(OC)c1O. The van der Waals surface area contributed by atoms with Gasteiger partial charge in [-0.05, 0) is 0 Å². The van der Waals surface area contributed by atoms with E-state index in [1.54, 1.807) is 0 Å². The fraction of sp³-hybridized carbons (Fsp3) is 0.684. The average molecular weight is 464 g/mol. The average Bonchev–Trinajstić information content (AvgIpc) is 3.08. The summed E-state index contributed by atoms with van der Waals surface area (Å²) in [6.07, 6.45) is -10.5. The summed E-state index contributed by atoms with van der Waals surface area (Å²) in [5, 5.41) is 70.0. The maximum atomic E-state index is 10.3. The minimum Gasteiger partial charge on any atom is -0.502 e. The molecule has 0 aliphatic carbocycles. The Kier molecular flexibility index (Phi) is 7.65. The van der Waals surface area contributed by atoms with E-state index in [-0.39, 0.29) is 29.6 Å². The molecule has 1 aromatic rings. The lowest BCUT2D eigenvalue weighted by molar-refractivity contribution is -0.289. The van der Waals surface area contributed by atoms with Crippen LogP contribution >= 0.6 is 0 Å². The Morgan fingerprint density at radius 3 is 2.16 bits per heavy atom. The molecule has 0 bridgehead atoms. The highest BCUT2D eigenvalue weighted by Gasteiger charge is 2.50. The van der Waals surface area contributed by atoms with E-state index in [9.17, 15) is 35.7 Å². The van der Waals surface area contributed by atoms with E-state index >= 15 is 0 Å². The van der Waals surface area contributed by atoms with Crippen LogP contribution in [0.15, 0.2) is 12.1 Å². The van der Waals surface area contributed by atoms with Crippen LogP contribution in [0.5, 0.6) is 23.0 Å². The summed E-state index contributed by atoms with van der Waals surface area (Å²) < 4.78 is 31.6. The van der Waals surface area contributed by atoms with Gasteiger partial charge in [-0.25, -0.2) is 0 Å². The normalized spacial score (nSPS) is 37.3. The zero-order chi connectivity index (χ0) is 23.6. The van der Waals surface area contributed by atoms with Crippen molar-refractivity contribution >= 4 is 0 Å². The van der Waals surface area contributed by atoms with Crippen LogP contribution in [0.2, 0.25) is 0 Å². The Morgan fingerprint density at radius 2 is 1.62 bits per heavy atom. The first-order chi connectivity index (χ1) is 15.1. The zero-order valence-electron chi connectivity index (χ0n) is 17.4. The molecule has 0 radical (unpaired) electrons. The van der Waals surface area contributed by atoms with Gasteiger partial charge in [0.1, 0.15) is 41.9 Å². The maximum absolute atomic E-state index is 10.3. The molecule has 2 saturated heterocycles. The van der Waals surface area contributed by atoms with Crippen molar-refractivity contribution < 1.29 is 64.2 Å². The number of benzene rings is 1. The second-order valence-corrected chi connectivity index (χ2v) is 7.53. The molecule has 1 aromatic carbocycles. The molecule has 0 aromatic heterocycles. The van der Waals surface area contributed by atoms with Crippen molar-refractivity contribution in [1.29, 1.82) is 0 Å². The van der Waals surface area contributed by atoms with Crippen molar-refractivity contribution in [2.45, 2.75) is 48.7 Å². The second kappa shape index (κ2) is 9.91. The van der Waals surface area contributed by atoms with Crippen LogP contribution in [0.4, 0.5) is 0 Å². The predicted octanol–water partition coefficient (Wildman–Crippen LogP) is -2.95. The Hall–Kier alpha value is -1.94. The van der Waals surface area contributed by atoms with Crippen molar-refractivity contribution in [3.63, 3.8) is 0 Å². The Morgan fingerprint density at radius 1 is 1.00 bits per heavy atom. The molecule has 2 fully saturated rings. The number of ether oxygens (including phenoxy) is 6. The molecule has 2 aliphatic heterocycles. The van der Waals surface area contributed by atoms with Gasteiger partial charge in [-0.3, -0.25) is 0 Å². The molecular formula is C19H28O13. The van der Waals surface area contributed by atoms with Gasteiger partial charge in [0.25, 0.3) is 0 Å². The molecule has 7 N–H and O–H groups in total. The van der Waals surface area contributed by atoms with Gasteiger partial charge in [0.05, 0.1) is 34.0 Å². The molecular weight excluding hydrogens is 436 g/mol. The van der Waals surface area contributed by atoms with Crippen LogP contribution < -0.4 is 14.2 Å². The van der Waals surface area contributed by atoms with Crippen LogP contribution in [0, 0.1) is 0 Å². The van der Waals surface area contributed by atoms with E-state index < -0.39 is 61.9 Å². The number of phenolic OH excluding ortho intramolecular Hbond substituents is 1. The van der Waals surface area contributed by atoms with Crippen LogP contribution in [-0.2, 0) is 14.2 Å². The lowest BCUT2D eigenvalue weighted by atomic mass is 9.99. The van der Waals surface area contributed by atoms with Gasteiger partial charge in [-0.15, -0.1) is 0 Å². The Bertz CT molecular complexity index is 751. The quantitative estimate of drug-likeness (QED) is 0.206. The maximum Gasteiger partial charge on any atom is 0.229 e. The van der Waals surface area contributed by atoms with E-state index in [2.05, 4.69) is 0 Å². The molecule has 0 spiro atoms. The lowest BCUT2D eigenvalue weighted by Gasteiger charge is -2.40. The number of phenols is 1. The fourth-order valence-corrected chi connectivity index (χ4v) is 3.35. The fourth-order valence-electron chi connectivity index (χ4n) is 3.35. The summed E-state index contributed by atoms with van der Waals surface area (Å²) >= 11 is 0. The second-order valence-electron chi connectivity index (χ2n) is 7.53. The van der Waals surface area contributed by atoms with E-state index in [1.165, 1.54) is 26.4 Å². The zero-order valence-corrected chi connectivity index (χ0v) is 17.4. The molecule has 2 aliphatic rings. The van der Waals surface area contributed by atoms with Crippen molar-refractivity contribution in [3.8, 4) is 23.0 Å². The summed E-state index contributed by atoms with van der Waals surface area (Å²) in [5.41, 5.74) is -1.89. The van der Waals surface area contributed by atoms with E-state index in [4.69, 9.17) is 28.4 Å². The molecule has 8 atom stereocenters. The minimum atomic E-state index is -1.89. The first-order valence-electron chi connectivity index (χ1n) is 9.71. The summed E-state index contributed by atoms with van der Waals surface area (Å²) in [6, 6.07) is 2.60. The number of methoxy groups -OCH3 is 2.